The Bertz CT molecular complexity index is 1610. The van der Waals surface area contributed by atoms with Gasteiger partial charge in [0.2, 0.25) is 0 Å². The molecule has 2 N–H and O–H groups in total. The minimum Gasteiger partial charge on any atom is -0.392 e. The lowest BCUT2D eigenvalue weighted by molar-refractivity contribution is -0.111. The number of fused-ring (bicyclic) bond motifs is 3. The molecule has 12 unspecified atom stereocenters. The van der Waals surface area contributed by atoms with E-state index in [9.17, 15) is 5.11 Å². The Kier molecular flexibility index (Phi) is 10.3. The van der Waals surface area contributed by atoms with Gasteiger partial charge < -0.3 is 15.3 Å². The van der Waals surface area contributed by atoms with Crippen LogP contribution in [0, 0.1) is 46.3 Å². The second-order valence-corrected chi connectivity index (χ2v) is 18.7. The Morgan fingerprint density at radius 3 is 2.53 bits per heavy atom. The van der Waals surface area contributed by atoms with Crippen LogP contribution in [0.25, 0.3) is 0 Å². The molecule has 3 nitrogen and oxygen atoms in total. The highest BCUT2D eigenvalue weighted by atomic mass is 16.3. The highest BCUT2D eigenvalue weighted by Crippen LogP contribution is 2.63. The number of para-hydroxylation sites is 1. The average Bonchev–Trinajstić information content (AvgIpc) is 3.38. The molecule has 51 heavy (non-hydrogen) atoms. The van der Waals surface area contributed by atoms with Crippen molar-refractivity contribution in [1.29, 1.82) is 0 Å². The monoisotopic (exact) mass is 689 g/mol. The maximum atomic E-state index is 12.6. The van der Waals surface area contributed by atoms with E-state index in [1.54, 1.807) is 0 Å². The largest absolute Gasteiger partial charge is 0.392 e. The van der Waals surface area contributed by atoms with Crippen molar-refractivity contribution in [2.45, 2.75) is 136 Å². The summed E-state index contributed by atoms with van der Waals surface area (Å²) < 4.78 is 0. The predicted octanol–water partition coefficient (Wildman–Crippen LogP) is 10.9. The van der Waals surface area contributed by atoms with E-state index in [0.717, 1.165) is 49.5 Å². The van der Waals surface area contributed by atoms with Crippen LogP contribution < -0.4 is 10.2 Å². The SMILES string of the molecule is CC1=CC(N2c3ccccc3C3(C)C2CCC(C)(C2(C)C=CC=CC2)C3O)C(C)C=C1CNC(C)/C=C/[C@@H]1CCC(C2C=CCCC2C)CC1C. The van der Waals surface area contributed by atoms with Gasteiger partial charge in [0.25, 0.3) is 0 Å². The van der Waals surface area contributed by atoms with Gasteiger partial charge in [-0.15, -0.1) is 0 Å². The van der Waals surface area contributed by atoms with Crippen LogP contribution in [0.2, 0.25) is 0 Å². The van der Waals surface area contributed by atoms with Gasteiger partial charge in [-0.2, -0.15) is 0 Å². The Morgan fingerprint density at radius 2 is 1.78 bits per heavy atom. The van der Waals surface area contributed by atoms with E-state index in [2.05, 4.69) is 151 Å². The summed E-state index contributed by atoms with van der Waals surface area (Å²) in [4.78, 5) is 2.72. The highest BCUT2D eigenvalue weighted by molar-refractivity contribution is 5.67. The fourth-order valence-corrected chi connectivity index (χ4v) is 11.9. The molecule has 0 amide bonds. The van der Waals surface area contributed by atoms with Crippen molar-refractivity contribution in [1.82, 2.24) is 5.32 Å². The van der Waals surface area contributed by atoms with E-state index >= 15 is 0 Å². The zero-order valence-electron chi connectivity index (χ0n) is 33.1. The molecule has 0 bridgehead atoms. The molecule has 13 atom stereocenters. The van der Waals surface area contributed by atoms with Gasteiger partial charge in [0, 0.05) is 35.1 Å². The van der Waals surface area contributed by atoms with Crippen LogP contribution in [0.3, 0.4) is 0 Å². The maximum absolute atomic E-state index is 12.6. The lowest BCUT2D eigenvalue weighted by Gasteiger charge is -2.59. The van der Waals surface area contributed by atoms with Crippen LogP contribution >= 0.6 is 0 Å². The van der Waals surface area contributed by atoms with Crippen molar-refractivity contribution in [3.63, 3.8) is 0 Å². The van der Waals surface area contributed by atoms with Gasteiger partial charge >= 0.3 is 0 Å². The Hall–Kier alpha value is -2.62. The fraction of sp³-hybridized carbons (Fsp3) is 0.625. The first kappa shape index (κ1) is 36.7. The first-order chi connectivity index (χ1) is 24.4. The third-order valence-corrected chi connectivity index (χ3v) is 15.6. The third kappa shape index (κ3) is 6.41. The van der Waals surface area contributed by atoms with Crippen LogP contribution in [-0.2, 0) is 5.41 Å². The summed E-state index contributed by atoms with van der Waals surface area (Å²) >= 11 is 0. The van der Waals surface area contributed by atoms with Crippen molar-refractivity contribution < 1.29 is 5.11 Å². The van der Waals surface area contributed by atoms with E-state index in [-0.39, 0.29) is 28.3 Å². The minimum atomic E-state index is -0.444. The van der Waals surface area contributed by atoms with Crippen molar-refractivity contribution in [3.05, 3.63) is 102 Å². The van der Waals surface area contributed by atoms with Crippen molar-refractivity contribution in [2.75, 3.05) is 11.4 Å². The van der Waals surface area contributed by atoms with Gasteiger partial charge in [0.05, 0.1) is 12.1 Å². The number of benzene rings is 1. The molecule has 7 rings (SSSR count). The van der Waals surface area contributed by atoms with E-state index in [0.29, 0.717) is 17.9 Å². The Balaban J connectivity index is 1.01. The molecular weight excluding hydrogens is 621 g/mol. The molecule has 0 aromatic heterocycles. The summed E-state index contributed by atoms with van der Waals surface area (Å²) in [6, 6.07) is 9.88. The summed E-state index contributed by atoms with van der Waals surface area (Å²) in [7, 11) is 0. The van der Waals surface area contributed by atoms with E-state index in [4.69, 9.17) is 0 Å². The molecule has 1 aromatic carbocycles. The zero-order chi connectivity index (χ0) is 36.1. The Morgan fingerprint density at radius 1 is 0.980 bits per heavy atom. The number of anilines is 1. The number of nitrogens with zero attached hydrogens (tertiary/aromatic N) is 1. The molecule has 0 radical (unpaired) electrons. The predicted molar refractivity (Wildman–Crippen MR) is 217 cm³/mol. The van der Waals surface area contributed by atoms with Gasteiger partial charge in [0.1, 0.15) is 0 Å². The first-order valence-electron chi connectivity index (χ1n) is 20.8. The van der Waals surface area contributed by atoms with Crippen LogP contribution in [0.4, 0.5) is 5.69 Å². The fourth-order valence-electron chi connectivity index (χ4n) is 11.9. The smallest absolute Gasteiger partial charge is 0.0716 e. The number of hydrogen-bond donors (Lipinski definition) is 2. The molecule has 1 aromatic rings. The van der Waals surface area contributed by atoms with Gasteiger partial charge in [0.15, 0.2) is 0 Å². The molecular formula is C48H68N2O. The molecule has 1 aliphatic heterocycles. The van der Waals surface area contributed by atoms with Crippen LogP contribution in [0.1, 0.15) is 112 Å². The molecule has 2 fully saturated rings. The van der Waals surface area contributed by atoms with Crippen LogP contribution in [-0.4, -0.2) is 35.9 Å². The Labute approximate surface area is 311 Å². The minimum absolute atomic E-state index is 0.0635. The molecule has 0 spiro atoms. The second-order valence-electron chi connectivity index (χ2n) is 18.7. The van der Waals surface area contributed by atoms with Crippen molar-refractivity contribution in [2.24, 2.45) is 46.3 Å². The number of aliphatic hydroxyl groups excluding tert-OH is 1. The first-order valence-corrected chi connectivity index (χ1v) is 20.8. The lowest BCUT2D eigenvalue weighted by Crippen LogP contribution is -2.64. The topological polar surface area (TPSA) is 35.5 Å². The summed E-state index contributed by atoms with van der Waals surface area (Å²) in [5.74, 6) is 4.36. The highest BCUT2D eigenvalue weighted by Gasteiger charge is 2.64. The van der Waals surface area contributed by atoms with Crippen LogP contribution in [0.15, 0.2) is 96.2 Å². The molecule has 0 saturated heterocycles. The lowest BCUT2D eigenvalue weighted by atomic mass is 9.48. The summed E-state index contributed by atoms with van der Waals surface area (Å²) in [6.45, 7) is 20.0. The van der Waals surface area contributed by atoms with Crippen molar-refractivity contribution in [3.8, 4) is 0 Å². The van der Waals surface area contributed by atoms with Crippen molar-refractivity contribution >= 4 is 5.69 Å². The summed E-state index contributed by atoms with van der Waals surface area (Å²) in [5.41, 5.74) is 4.85. The van der Waals surface area contributed by atoms with Crippen LogP contribution in [0.5, 0.6) is 0 Å². The number of hydrogen-bond acceptors (Lipinski definition) is 3. The molecule has 2 saturated carbocycles. The maximum Gasteiger partial charge on any atom is 0.0716 e. The molecule has 276 valence electrons. The molecule has 6 aliphatic rings. The van der Waals surface area contributed by atoms with E-state index in [1.807, 2.05) is 0 Å². The summed E-state index contributed by atoms with van der Waals surface area (Å²) in [5, 5.41) is 16.5. The number of nitrogens with one attached hydrogen (secondary N) is 1. The number of rotatable bonds is 8. The standard InChI is InChI=1S/C48H68N2O/c1-32-16-10-11-17-40(32)38-23-22-37(33(2)28-38)21-20-36(5)49-31-39-29-35(4)43(30-34(39)3)50-42-19-13-12-18-41(42)48(8)44(50)24-27-47(7,45(48)51)46(6)25-14-9-15-26-46/h9,11-15,17-21,25,29-30,32-33,35-38,40,43-45,49,51H,10,16,22-24,26-28,31H2,1-8H3/b21-20+/t32?,33?,35?,36?,37-,38?,40?,43?,44?,45?,46?,47?,48?/m1/s1. The van der Waals surface area contributed by atoms with Gasteiger partial charge in [-0.1, -0.05) is 121 Å². The van der Waals surface area contributed by atoms with E-state index in [1.165, 1.54) is 54.5 Å². The normalized spacial score (nSPS) is 42.8. The average molecular weight is 689 g/mol. The third-order valence-electron chi connectivity index (χ3n) is 15.6. The quantitative estimate of drug-likeness (QED) is 0.267. The second kappa shape index (κ2) is 14.3. The number of aliphatic hydroxyl groups is 1. The number of allylic oxidation sites excluding steroid dienone is 7. The zero-order valence-corrected chi connectivity index (χ0v) is 33.1. The summed E-state index contributed by atoms with van der Waals surface area (Å²) in [6.07, 6.45) is 33.5. The van der Waals surface area contributed by atoms with Gasteiger partial charge in [-0.05, 0) is 129 Å². The molecule has 5 aliphatic carbocycles. The van der Waals surface area contributed by atoms with Gasteiger partial charge in [-0.25, -0.2) is 0 Å². The van der Waals surface area contributed by atoms with Gasteiger partial charge in [-0.3, -0.25) is 0 Å². The molecule has 3 heteroatoms. The van der Waals surface area contributed by atoms with E-state index < -0.39 is 6.10 Å². The molecule has 1 heterocycles.